The maximum atomic E-state index is 12.0. The first kappa shape index (κ1) is 21.2. The highest BCUT2D eigenvalue weighted by Crippen LogP contribution is 2.41. The van der Waals surface area contributed by atoms with Crippen LogP contribution in [0.25, 0.3) is 6.08 Å². The zero-order chi connectivity index (χ0) is 21.0. The second-order valence-electron chi connectivity index (χ2n) is 9.08. The molecule has 2 N–H and O–H groups in total. The molecule has 2 saturated carbocycles. The van der Waals surface area contributed by atoms with Gasteiger partial charge in [-0.25, -0.2) is 9.59 Å². The SMILES string of the molecule is CC(C)(C)OC(=O)NC1CCC(N(C(=O)O)C2CC2C=Cc2ccccc2)CC1. The van der Waals surface area contributed by atoms with Gasteiger partial charge in [0.2, 0.25) is 0 Å². The number of ether oxygens (including phenoxy) is 1. The van der Waals surface area contributed by atoms with Crippen LogP contribution in [0, 0.1) is 5.92 Å². The molecule has 0 aromatic heterocycles. The van der Waals surface area contributed by atoms with Crippen molar-refractivity contribution in [1.29, 1.82) is 0 Å². The summed E-state index contributed by atoms with van der Waals surface area (Å²) in [5.74, 6) is 0.281. The first-order valence-corrected chi connectivity index (χ1v) is 10.5. The lowest BCUT2D eigenvalue weighted by Crippen LogP contribution is -2.47. The zero-order valence-electron chi connectivity index (χ0n) is 17.5. The molecule has 0 saturated heterocycles. The van der Waals surface area contributed by atoms with Gasteiger partial charge in [-0.05, 0) is 64.4 Å². The summed E-state index contributed by atoms with van der Waals surface area (Å²) in [5, 5.41) is 12.7. The largest absolute Gasteiger partial charge is 0.465 e. The molecule has 1 aromatic rings. The molecule has 0 spiro atoms. The first-order chi connectivity index (χ1) is 13.7. The van der Waals surface area contributed by atoms with Gasteiger partial charge in [0.15, 0.2) is 0 Å². The van der Waals surface area contributed by atoms with Gasteiger partial charge >= 0.3 is 12.2 Å². The molecule has 158 valence electrons. The third-order valence-corrected chi connectivity index (χ3v) is 5.53. The summed E-state index contributed by atoms with van der Waals surface area (Å²) in [7, 11) is 0. The minimum absolute atomic E-state index is 0.0179. The predicted octanol–water partition coefficient (Wildman–Crippen LogP) is 4.90. The Balaban J connectivity index is 1.50. The van der Waals surface area contributed by atoms with Crippen molar-refractivity contribution in [1.82, 2.24) is 10.2 Å². The molecule has 2 unspecified atom stereocenters. The number of rotatable bonds is 5. The summed E-state index contributed by atoms with van der Waals surface area (Å²) >= 11 is 0. The molecule has 0 heterocycles. The normalized spacial score (nSPS) is 26.7. The Kier molecular flexibility index (Phi) is 6.50. The highest BCUT2D eigenvalue weighted by molar-refractivity contribution is 5.68. The van der Waals surface area contributed by atoms with E-state index in [2.05, 4.69) is 17.5 Å². The van der Waals surface area contributed by atoms with Gasteiger partial charge in [0.1, 0.15) is 5.60 Å². The smallest absolute Gasteiger partial charge is 0.407 e. The van der Waals surface area contributed by atoms with Crippen LogP contribution in [-0.4, -0.2) is 45.9 Å². The summed E-state index contributed by atoms with van der Waals surface area (Å²) in [6, 6.07) is 10.2. The van der Waals surface area contributed by atoms with E-state index in [-0.39, 0.29) is 24.0 Å². The number of nitrogens with one attached hydrogen (secondary N) is 1. The Morgan fingerprint density at radius 1 is 1.14 bits per heavy atom. The lowest BCUT2D eigenvalue weighted by molar-refractivity contribution is 0.0471. The van der Waals surface area contributed by atoms with Crippen LogP contribution in [0.5, 0.6) is 0 Å². The summed E-state index contributed by atoms with van der Waals surface area (Å²) in [5.41, 5.74) is 0.615. The molecule has 2 atom stereocenters. The summed E-state index contributed by atoms with van der Waals surface area (Å²) in [4.78, 5) is 25.5. The fourth-order valence-electron chi connectivity index (χ4n) is 4.07. The van der Waals surface area contributed by atoms with E-state index >= 15 is 0 Å². The molecule has 2 aliphatic rings. The molecule has 3 rings (SSSR count). The lowest BCUT2D eigenvalue weighted by atomic mass is 9.90. The van der Waals surface area contributed by atoms with E-state index in [0.29, 0.717) is 0 Å². The molecular formula is C23H32N2O4. The molecule has 1 aromatic carbocycles. The van der Waals surface area contributed by atoms with Crippen molar-refractivity contribution < 1.29 is 19.4 Å². The van der Waals surface area contributed by atoms with E-state index in [1.54, 1.807) is 4.90 Å². The highest BCUT2D eigenvalue weighted by Gasteiger charge is 2.46. The standard InChI is InChI=1S/C23H32N2O4/c1-23(2,3)29-21(26)24-18-11-13-19(14-12-18)25(22(27)28)20-15-17(20)10-9-16-7-5-4-6-8-16/h4-10,17-20H,11-15H2,1-3H3,(H,24,26)(H,27,28). The van der Waals surface area contributed by atoms with Gasteiger partial charge in [-0.15, -0.1) is 0 Å². The highest BCUT2D eigenvalue weighted by atomic mass is 16.6. The number of carboxylic acid groups (broad SMARTS) is 1. The van der Waals surface area contributed by atoms with Gasteiger partial charge in [-0.2, -0.15) is 0 Å². The molecule has 2 amide bonds. The fourth-order valence-corrected chi connectivity index (χ4v) is 4.07. The van der Waals surface area contributed by atoms with Crippen molar-refractivity contribution in [3.05, 3.63) is 42.0 Å². The van der Waals surface area contributed by atoms with Crippen molar-refractivity contribution in [2.24, 2.45) is 5.92 Å². The quantitative estimate of drug-likeness (QED) is 0.736. The van der Waals surface area contributed by atoms with Gasteiger partial charge < -0.3 is 20.1 Å². The molecule has 6 heteroatoms. The number of alkyl carbamates (subject to hydrolysis) is 1. The van der Waals surface area contributed by atoms with Gasteiger partial charge in [0.05, 0.1) is 0 Å². The Labute approximate surface area is 172 Å². The van der Waals surface area contributed by atoms with Crippen LogP contribution in [0.2, 0.25) is 0 Å². The number of carbonyl (C=O) groups excluding carboxylic acids is 1. The van der Waals surface area contributed by atoms with Crippen LogP contribution >= 0.6 is 0 Å². The Hall–Kier alpha value is -2.50. The monoisotopic (exact) mass is 400 g/mol. The maximum Gasteiger partial charge on any atom is 0.407 e. The number of carbonyl (C=O) groups is 2. The van der Waals surface area contributed by atoms with Crippen molar-refractivity contribution >= 4 is 18.3 Å². The molecule has 6 nitrogen and oxygen atoms in total. The Bertz CT molecular complexity index is 733. The van der Waals surface area contributed by atoms with Gasteiger partial charge in [0, 0.05) is 18.1 Å². The Morgan fingerprint density at radius 2 is 1.79 bits per heavy atom. The summed E-state index contributed by atoms with van der Waals surface area (Å²) < 4.78 is 5.32. The average molecular weight is 401 g/mol. The van der Waals surface area contributed by atoms with E-state index in [4.69, 9.17) is 4.74 Å². The molecule has 0 radical (unpaired) electrons. The molecule has 0 bridgehead atoms. The number of nitrogens with zero attached hydrogens (tertiary/aromatic N) is 1. The second-order valence-corrected chi connectivity index (χ2v) is 9.08. The number of amides is 2. The lowest BCUT2D eigenvalue weighted by Gasteiger charge is -2.36. The van der Waals surface area contributed by atoms with Crippen LogP contribution in [0.3, 0.4) is 0 Å². The van der Waals surface area contributed by atoms with E-state index in [0.717, 1.165) is 37.7 Å². The van der Waals surface area contributed by atoms with Crippen molar-refractivity contribution in [3.8, 4) is 0 Å². The van der Waals surface area contributed by atoms with Crippen LogP contribution in [-0.2, 0) is 4.74 Å². The van der Waals surface area contributed by atoms with Crippen LogP contribution in [0.15, 0.2) is 36.4 Å². The van der Waals surface area contributed by atoms with Gasteiger partial charge in [-0.3, -0.25) is 0 Å². The molecule has 0 aliphatic heterocycles. The number of hydrogen-bond acceptors (Lipinski definition) is 3. The minimum Gasteiger partial charge on any atom is -0.465 e. The molecular weight excluding hydrogens is 368 g/mol. The Morgan fingerprint density at radius 3 is 2.38 bits per heavy atom. The van der Waals surface area contributed by atoms with Crippen LogP contribution in [0.1, 0.15) is 58.4 Å². The van der Waals surface area contributed by atoms with Gasteiger partial charge in [0.25, 0.3) is 0 Å². The second kappa shape index (κ2) is 8.89. The van der Waals surface area contributed by atoms with Crippen LogP contribution < -0.4 is 5.32 Å². The van der Waals surface area contributed by atoms with Crippen molar-refractivity contribution in [2.45, 2.75) is 76.6 Å². The third-order valence-electron chi connectivity index (χ3n) is 5.53. The topological polar surface area (TPSA) is 78.9 Å². The minimum atomic E-state index is -0.839. The maximum absolute atomic E-state index is 12.0. The average Bonchev–Trinajstić information content (AvgIpc) is 3.39. The van der Waals surface area contributed by atoms with Gasteiger partial charge in [-0.1, -0.05) is 42.5 Å². The molecule has 29 heavy (non-hydrogen) atoms. The first-order valence-electron chi connectivity index (χ1n) is 10.5. The fraction of sp³-hybridized carbons (Fsp3) is 0.565. The molecule has 2 aliphatic carbocycles. The van der Waals surface area contributed by atoms with E-state index in [1.807, 2.05) is 51.1 Å². The summed E-state index contributed by atoms with van der Waals surface area (Å²) in [6.45, 7) is 5.52. The predicted molar refractivity (Wildman–Crippen MR) is 113 cm³/mol. The zero-order valence-corrected chi connectivity index (χ0v) is 17.5. The van der Waals surface area contributed by atoms with E-state index in [1.165, 1.54) is 0 Å². The summed E-state index contributed by atoms with van der Waals surface area (Å²) in [6.07, 6.45) is 6.91. The third kappa shape index (κ3) is 6.24. The number of benzene rings is 1. The van der Waals surface area contributed by atoms with E-state index in [9.17, 15) is 14.7 Å². The van der Waals surface area contributed by atoms with E-state index < -0.39 is 17.8 Å². The van der Waals surface area contributed by atoms with Crippen molar-refractivity contribution in [3.63, 3.8) is 0 Å². The van der Waals surface area contributed by atoms with Crippen molar-refractivity contribution in [2.75, 3.05) is 0 Å². The number of hydrogen-bond donors (Lipinski definition) is 2. The van der Waals surface area contributed by atoms with Crippen LogP contribution in [0.4, 0.5) is 9.59 Å². The molecule has 2 fully saturated rings.